The Kier molecular flexibility index (Phi) is 6.32. The van der Waals surface area contributed by atoms with Crippen LogP contribution in [0.15, 0.2) is 31.1 Å². The number of hydrogen-bond acceptors (Lipinski definition) is 4. The fourth-order valence-corrected chi connectivity index (χ4v) is 3.89. The first-order chi connectivity index (χ1) is 13.9. The van der Waals surface area contributed by atoms with Crippen molar-refractivity contribution in [2.75, 3.05) is 13.1 Å². The average molecular weight is 394 g/mol. The molecule has 0 bridgehead atoms. The molecule has 29 heavy (non-hydrogen) atoms. The summed E-state index contributed by atoms with van der Waals surface area (Å²) in [5.74, 6) is 5.20. The number of nitrogens with one attached hydrogen (secondary N) is 1. The summed E-state index contributed by atoms with van der Waals surface area (Å²) < 4.78 is 0. The number of rotatable bonds is 5. The molecule has 0 aromatic carbocycles. The maximum atomic E-state index is 12.9. The number of carbonyl (C=O) groups is 3. The van der Waals surface area contributed by atoms with E-state index in [1.165, 1.54) is 6.20 Å². The molecule has 1 aromatic heterocycles. The van der Waals surface area contributed by atoms with Gasteiger partial charge in [0.25, 0.3) is 0 Å². The predicted octanol–water partition coefficient (Wildman–Crippen LogP) is 1.39. The lowest BCUT2D eigenvalue weighted by atomic mass is 9.81. The zero-order valence-corrected chi connectivity index (χ0v) is 16.4. The molecule has 2 aliphatic rings. The lowest BCUT2D eigenvalue weighted by Gasteiger charge is -2.34. The summed E-state index contributed by atoms with van der Waals surface area (Å²) in [6.45, 7) is 4.52. The van der Waals surface area contributed by atoms with E-state index in [0.29, 0.717) is 24.2 Å². The molecule has 3 rings (SSSR count). The van der Waals surface area contributed by atoms with Crippen LogP contribution in [0.2, 0.25) is 0 Å². The van der Waals surface area contributed by atoms with E-state index in [0.717, 1.165) is 32.1 Å². The van der Waals surface area contributed by atoms with Gasteiger partial charge in [-0.2, -0.15) is 0 Å². The minimum Gasteiger partial charge on any atom is -0.366 e. The van der Waals surface area contributed by atoms with Gasteiger partial charge in [0.05, 0.1) is 11.5 Å². The fourth-order valence-electron chi connectivity index (χ4n) is 3.89. The van der Waals surface area contributed by atoms with E-state index in [9.17, 15) is 14.4 Å². The molecule has 3 N–H and O–H groups in total. The number of pyridine rings is 1. The van der Waals surface area contributed by atoms with E-state index in [1.807, 2.05) is 0 Å². The fraction of sp³-hybridized carbons (Fsp3) is 0.455. The van der Waals surface area contributed by atoms with Crippen LogP contribution in [0.3, 0.4) is 0 Å². The Labute approximate surface area is 170 Å². The third-order valence-corrected chi connectivity index (χ3v) is 5.47. The topological polar surface area (TPSA) is 105 Å². The van der Waals surface area contributed by atoms with Crippen molar-refractivity contribution in [3.05, 3.63) is 42.2 Å². The number of likely N-dealkylation sites (tertiary alicyclic amines) is 1. The number of amides is 3. The molecule has 152 valence electrons. The third-order valence-electron chi connectivity index (χ3n) is 5.47. The van der Waals surface area contributed by atoms with Crippen molar-refractivity contribution < 1.29 is 14.4 Å². The molecule has 7 heteroatoms. The number of hydrogen-bond donors (Lipinski definition) is 2. The molecule has 1 saturated carbocycles. The van der Waals surface area contributed by atoms with E-state index in [2.05, 4.69) is 28.7 Å². The monoisotopic (exact) mass is 394 g/mol. The van der Waals surface area contributed by atoms with Crippen molar-refractivity contribution in [1.82, 2.24) is 15.2 Å². The van der Waals surface area contributed by atoms with Crippen LogP contribution in [0, 0.1) is 17.8 Å². The van der Waals surface area contributed by atoms with Crippen molar-refractivity contribution >= 4 is 17.7 Å². The van der Waals surface area contributed by atoms with E-state index in [-0.39, 0.29) is 24.2 Å². The van der Waals surface area contributed by atoms with E-state index >= 15 is 0 Å². The lowest BCUT2D eigenvalue weighted by Crippen LogP contribution is -2.51. The molecule has 1 aliphatic heterocycles. The summed E-state index contributed by atoms with van der Waals surface area (Å²) in [5, 5.41) is 3.14. The maximum absolute atomic E-state index is 12.9. The van der Waals surface area contributed by atoms with Gasteiger partial charge in [0, 0.05) is 37.5 Å². The Morgan fingerprint density at radius 2 is 2.10 bits per heavy atom. The van der Waals surface area contributed by atoms with Gasteiger partial charge in [0.2, 0.25) is 17.7 Å². The van der Waals surface area contributed by atoms with Crippen molar-refractivity contribution in [2.45, 2.75) is 44.1 Å². The second-order valence-electron chi connectivity index (χ2n) is 7.70. The van der Waals surface area contributed by atoms with Crippen LogP contribution in [0.25, 0.3) is 0 Å². The molecule has 0 radical (unpaired) electrons. The summed E-state index contributed by atoms with van der Waals surface area (Å²) in [6, 6.07) is 1.60. The largest absolute Gasteiger partial charge is 0.366 e. The van der Waals surface area contributed by atoms with Crippen LogP contribution in [-0.4, -0.2) is 46.2 Å². The Morgan fingerprint density at radius 3 is 2.79 bits per heavy atom. The van der Waals surface area contributed by atoms with Crippen molar-refractivity contribution in [3.8, 4) is 11.8 Å². The maximum Gasteiger partial charge on any atom is 0.250 e. The first-order valence-electron chi connectivity index (χ1n) is 9.91. The van der Waals surface area contributed by atoms with Crippen LogP contribution in [0.4, 0.5) is 0 Å². The minimum atomic E-state index is -0.632. The van der Waals surface area contributed by atoms with Gasteiger partial charge in [0.15, 0.2) is 0 Å². The molecule has 1 saturated heterocycles. The van der Waals surface area contributed by atoms with Crippen molar-refractivity contribution in [2.24, 2.45) is 11.7 Å². The minimum absolute atomic E-state index is 0.0248. The molecule has 3 amide bonds. The molecule has 2 fully saturated rings. The second kappa shape index (κ2) is 8.91. The van der Waals surface area contributed by atoms with Gasteiger partial charge in [-0.15, -0.1) is 6.58 Å². The quantitative estimate of drug-likeness (QED) is 0.581. The van der Waals surface area contributed by atoms with Gasteiger partial charge in [-0.3, -0.25) is 19.4 Å². The summed E-state index contributed by atoms with van der Waals surface area (Å²) in [6.07, 6.45) is 9.42. The van der Waals surface area contributed by atoms with Crippen molar-refractivity contribution in [1.29, 1.82) is 0 Å². The Hall–Kier alpha value is -3.14. The number of nitrogens with zero attached hydrogens (tertiary/aromatic N) is 2. The molecule has 1 atom stereocenters. The molecule has 7 nitrogen and oxygen atoms in total. The Balaban J connectivity index is 1.77. The van der Waals surface area contributed by atoms with E-state index in [1.54, 1.807) is 23.2 Å². The number of carbonyl (C=O) groups excluding carboxylic acids is 3. The third kappa shape index (κ3) is 5.02. The second-order valence-corrected chi connectivity index (χ2v) is 7.70. The first-order valence-corrected chi connectivity index (χ1v) is 9.91. The van der Waals surface area contributed by atoms with Gasteiger partial charge < -0.3 is 16.0 Å². The summed E-state index contributed by atoms with van der Waals surface area (Å²) in [7, 11) is 0. The highest BCUT2D eigenvalue weighted by atomic mass is 16.2. The summed E-state index contributed by atoms with van der Waals surface area (Å²) in [4.78, 5) is 42.0. The smallest absolute Gasteiger partial charge is 0.250 e. The van der Waals surface area contributed by atoms with Crippen LogP contribution >= 0.6 is 0 Å². The molecule has 2 heterocycles. The van der Waals surface area contributed by atoms with Crippen LogP contribution in [0.1, 0.15) is 54.4 Å². The van der Waals surface area contributed by atoms with Gasteiger partial charge in [0.1, 0.15) is 5.54 Å². The lowest BCUT2D eigenvalue weighted by molar-refractivity contribution is -0.129. The van der Waals surface area contributed by atoms with Gasteiger partial charge in [-0.25, -0.2) is 0 Å². The molecule has 1 aliphatic carbocycles. The molecular weight excluding hydrogens is 368 g/mol. The van der Waals surface area contributed by atoms with Crippen molar-refractivity contribution in [3.63, 3.8) is 0 Å². The zero-order valence-electron chi connectivity index (χ0n) is 16.4. The standard InChI is InChI=1S/C22H26N4O3/c1-2-10-26-15-18(12-19(26)27)21(29)25-22(7-4-3-5-8-22)9-6-16-11-17(20(23)28)14-24-13-16/h2,11,13-14,18H,1,3-5,7-8,10,12,15H2,(H2,23,28)(H,25,29). The first kappa shape index (κ1) is 20.6. The highest BCUT2D eigenvalue weighted by molar-refractivity contribution is 5.92. The average Bonchev–Trinajstić information content (AvgIpc) is 3.08. The van der Waals surface area contributed by atoms with Gasteiger partial charge in [-0.1, -0.05) is 37.2 Å². The van der Waals surface area contributed by atoms with E-state index < -0.39 is 11.4 Å². The predicted molar refractivity (Wildman–Crippen MR) is 108 cm³/mol. The Morgan fingerprint density at radius 1 is 1.34 bits per heavy atom. The Bertz CT molecular complexity index is 878. The number of primary amides is 1. The molecule has 1 unspecified atom stereocenters. The SMILES string of the molecule is C=CCN1CC(C(=O)NC2(C#Cc3cncc(C(N)=O)c3)CCCCC2)CC1=O. The van der Waals surface area contributed by atoms with E-state index in [4.69, 9.17) is 5.73 Å². The normalized spacial score (nSPS) is 20.5. The van der Waals surface area contributed by atoms with Gasteiger partial charge in [-0.05, 0) is 18.9 Å². The van der Waals surface area contributed by atoms with Gasteiger partial charge >= 0.3 is 0 Å². The molecular formula is C22H26N4O3. The van der Waals surface area contributed by atoms with Crippen LogP contribution in [-0.2, 0) is 9.59 Å². The molecule has 1 aromatic rings. The van der Waals surface area contributed by atoms with Crippen LogP contribution in [0.5, 0.6) is 0 Å². The zero-order chi connectivity index (χ0) is 20.9. The number of nitrogens with two attached hydrogens (primary N) is 1. The van der Waals surface area contributed by atoms with Crippen LogP contribution < -0.4 is 11.1 Å². The highest BCUT2D eigenvalue weighted by Crippen LogP contribution is 2.29. The molecule has 0 spiro atoms. The summed E-state index contributed by atoms with van der Waals surface area (Å²) >= 11 is 0. The highest BCUT2D eigenvalue weighted by Gasteiger charge is 2.38. The number of aromatic nitrogens is 1. The summed E-state index contributed by atoms with van der Waals surface area (Å²) in [5.41, 5.74) is 5.55.